The normalized spacial score (nSPS) is 28.4. The number of hydrogen-bond acceptors (Lipinski definition) is 14. The van der Waals surface area contributed by atoms with E-state index < -0.39 is 114 Å². The minimum atomic E-state index is -2.08. The topological polar surface area (TPSA) is 208 Å². The molecule has 0 radical (unpaired) electrons. The Morgan fingerprint density at radius 1 is 0.506 bits per heavy atom. The van der Waals surface area contributed by atoms with E-state index in [1.165, 1.54) is 74.6 Å². The summed E-state index contributed by atoms with van der Waals surface area (Å²) in [7, 11) is 5.36. The molecule has 1 unspecified atom stereocenters. The van der Waals surface area contributed by atoms with Gasteiger partial charge in [-0.05, 0) is 139 Å². The third kappa shape index (κ3) is 18.5. The highest BCUT2D eigenvalue weighted by Gasteiger charge is 2.45. The van der Waals surface area contributed by atoms with Gasteiger partial charge in [-0.1, -0.05) is 74.2 Å². The number of aliphatic hydroxyl groups excluding tert-OH is 1. The number of rotatable bonds is 15. The highest BCUT2D eigenvalue weighted by molar-refractivity contribution is 5.93. The number of halogens is 2. The molecule has 1 N–H and O–H groups in total. The van der Waals surface area contributed by atoms with Crippen LogP contribution in [0.5, 0.6) is 0 Å². The second-order valence-electron chi connectivity index (χ2n) is 25.2. The first-order valence-corrected chi connectivity index (χ1v) is 29.9. The Morgan fingerprint density at radius 3 is 1.37 bits per heavy atom. The van der Waals surface area contributed by atoms with Crippen LogP contribution in [0, 0.1) is 11.8 Å². The second kappa shape index (κ2) is 28.5. The number of amides is 4. The number of benzene rings is 2. The molecule has 4 amide bonds. The number of cyclic esters (lactones) is 3. The summed E-state index contributed by atoms with van der Waals surface area (Å²) in [6, 6.07) is 9.57. The van der Waals surface area contributed by atoms with Gasteiger partial charge in [0.1, 0.15) is 35.6 Å². The number of nitrogens with zero attached hydrogens (tertiary/aromatic N) is 4. The molecule has 3 aliphatic heterocycles. The predicted octanol–water partition coefficient (Wildman–Crippen LogP) is 7.33. The summed E-state index contributed by atoms with van der Waals surface area (Å²) in [6.07, 6.45) is -2.73. The molecule has 0 spiro atoms. The van der Waals surface area contributed by atoms with Crippen LogP contribution in [0.15, 0.2) is 48.5 Å². The zero-order chi connectivity index (χ0) is 60.5. The van der Waals surface area contributed by atoms with Crippen LogP contribution in [0.1, 0.15) is 159 Å². The molecule has 5 aliphatic rings. The molecular weight excluding hydrogens is 1070 g/mol. The van der Waals surface area contributed by atoms with Gasteiger partial charge < -0.3 is 53.1 Å². The minimum Gasteiger partial charge on any atom is -0.451 e. The van der Waals surface area contributed by atoms with Crippen LogP contribution in [0.3, 0.4) is 0 Å². The molecule has 5 fully saturated rings. The zero-order valence-electron chi connectivity index (χ0n) is 50.4. The molecule has 0 aromatic heterocycles. The Hall–Kier alpha value is -5.57. The molecule has 7 rings (SSSR count). The molecule has 2 aliphatic carbocycles. The van der Waals surface area contributed by atoms with Gasteiger partial charge in [-0.15, -0.1) is 0 Å². The molecule has 3 heterocycles. The number of ether oxygens (including phenoxy) is 6. The van der Waals surface area contributed by atoms with Crippen LogP contribution in [0.4, 0.5) is 8.78 Å². The summed E-state index contributed by atoms with van der Waals surface area (Å²) in [5.41, 5.74) is -0.527. The molecule has 9 atom stereocenters. The lowest BCUT2D eigenvalue weighted by Crippen LogP contribution is -2.55. The molecular formula is C63H90F2N4O14. The Bertz CT molecular complexity index is 2540. The lowest BCUT2D eigenvalue weighted by Gasteiger charge is -2.37. The van der Waals surface area contributed by atoms with Crippen molar-refractivity contribution in [3.8, 4) is 0 Å². The highest BCUT2D eigenvalue weighted by Crippen LogP contribution is 2.38. The monoisotopic (exact) mass is 1160 g/mol. The van der Waals surface area contributed by atoms with Crippen LogP contribution in [0.2, 0.25) is 0 Å². The van der Waals surface area contributed by atoms with E-state index in [4.69, 9.17) is 28.4 Å². The Morgan fingerprint density at radius 2 is 0.916 bits per heavy atom. The van der Waals surface area contributed by atoms with E-state index in [1.54, 1.807) is 0 Å². The number of hydrogen-bond donors (Lipinski definition) is 1. The molecule has 460 valence electrons. The van der Waals surface area contributed by atoms with E-state index in [0.717, 1.165) is 77.2 Å². The van der Waals surface area contributed by atoms with E-state index >= 15 is 18.4 Å². The molecule has 83 heavy (non-hydrogen) atoms. The molecule has 20 heteroatoms. The fourth-order valence-corrected chi connectivity index (χ4v) is 11.5. The molecule has 0 bridgehead atoms. The second-order valence-corrected chi connectivity index (χ2v) is 25.2. The molecule has 2 aromatic carbocycles. The summed E-state index contributed by atoms with van der Waals surface area (Å²) in [5.74, 6) is -5.80. The van der Waals surface area contributed by atoms with Crippen molar-refractivity contribution in [2.45, 2.75) is 216 Å². The smallest absolute Gasteiger partial charge is 0.329 e. The quantitative estimate of drug-likeness (QED) is 0.137. The molecule has 18 nitrogen and oxygen atoms in total. The molecule has 2 aromatic rings. The van der Waals surface area contributed by atoms with Gasteiger partial charge in [-0.3, -0.25) is 19.2 Å². The van der Waals surface area contributed by atoms with E-state index in [9.17, 15) is 29.1 Å². The van der Waals surface area contributed by atoms with Crippen LogP contribution in [0.25, 0.3) is 0 Å². The van der Waals surface area contributed by atoms with Crippen molar-refractivity contribution in [3.63, 3.8) is 0 Å². The SMILES string of the molecule is C[C@H]1OC(=O)[C@H](CC2CC2)N(C)C(=O)[C@@H](Cc2ccc(C3CCOCC3)cc2)OC(=O)[C@H](CCC(C)(C)F)N(C)C(=O)[C@@H](C)OC(O)[C@H](CC2CC2)N(C)C(=O)[C@@H](Cc2ccc(C3CCOCC3)cc2)OC(=O)[C@H](CC(C)(C)F)N(C)C1=O. The summed E-state index contributed by atoms with van der Waals surface area (Å²) < 4.78 is 66.8. The van der Waals surface area contributed by atoms with Crippen molar-refractivity contribution in [1.29, 1.82) is 0 Å². The average molecular weight is 1170 g/mol. The van der Waals surface area contributed by atoms with Gasteiger partial charge in [0.2, 0.25) is 0 Å². The van der Waals surface area contributed by atoms with Gasteiger partial charge in [-0.25, -0.2) is 23.2 Å². The summed E-state index contributed by atoms with van der Waals surface area (Å²) >= 11 is 0. The van der Waals surface area contributed by atoms with Crippen molar-refractivity contribution in [2.75, 3.05) is 54.6 Å². The summed E-state index contributed by atoms with van der Waals surface area (Å²) in [6.45, 7) is 10.3. The first kappa shape index (κ1) is 65.0. The Kier molecular flexibility index (Phi) is 22.3. The third-order valence-corrected chi connectivity index (χ3v) is 17.2. The van der Waals surface area contributed by atoms with Crippen LogP contribution in [-0.4, -0.2) is 187 Å². The number of carbonyl (C=O) groups excluding carboxylic acids is 7. The van der Waals surface area contributed by atoms with Crippen molar-refractivity contribution in [2.24, 2.45) is 11.8 Å². The first-order valence-electron chi connectivity index (χ1n) is 29.9. The van der Waals surface area contributed by atoms with E-state index in [2.05, 4.69) is 0 Å². The van der Waals surface area contributed by atoms with Crippen LogP contribution < -0.4 is 0 Å². The van der Waals surface area contributed by atoms with Gasteiger partial charge in [0.05, 0.1) is 6.04 Å². The maximum Gasteiger partial charge on any atom is 0.329 e. The Balaban J connectivity index is 1.26. The molecule has 2 saturated carbocycles. The zero-order valence-corrected chi connectivity index (χ0v) is 50.4. The highest BCUT2D eigenvalue weighted by atomic mass is 19.1. The fourth-order valence-electron chi connectivity index (χ4n) is 11.5. The van der Waals surface area contributed by atoms with Gasteiger partial charge in [0.25, 0.3) is 23.6 Å². The van der Waals surface area contributed by atoms with E-state index in [1.807, 2.05) is 48.5 Å². The number of carbonyl (C=O) groups is 7. The standard InChI is InChI=1S/C63H90F2N4O14/c1-38-54(70)66(7)48(23-28-62(3,4)64)58(74)82-52(35-42-15-19-44(20-16-42)46-24-29-78-30-25-46)56(72)67(8)50(34-41-13-14-41)60(76)81-39(2)55(71)69(10)51(37-63(5,6)65)61(77)83-53(57(73)68(9)49(59(75)80-38)33-40-11-12-40)36-43-17-21-45(22-18-43)47-26-31-79-32-27-47/h15-22,38-41,46-53,59,75H,11-14,23-37H2,1-10H3/t38-,39-,48+,49+,50+,51+,52-,53-,59?/m1/s1. The third-order valence-electron chi connectivity index (χ3n) is 17.2. The number of aliphatic hydroxyl groups is 1. The maximum atomic E-state index is 15.9. The predicted molar refractivity (Wildman–Crippen MR) is 303 cm³/mol. The van der Waals surface area contributed by atoms with Gasteiger partial charge in [0.15, 0.2) is 24.6 Å². The first-order chi connectivity index (χ1) is 39.2. The summed E-state index contributed by atoms with van der Waals surface area (Å²) in [4.78, 5) is 108. The summed E-state index contributed by atoms with van der Waals surface area (Å²) in [5, 5.41) is 12.0. The van der Waals surface area contributed by atoms with Gasteiger partial charge >= 0.3 is 17.9 Å². The minimum absolute atomic E-state index is 0.00688. The number of alkyl halides is 2. The average Bonchev–Trinajstić information content (AvgIpc) is 4.61. The Labute approximate surface area is 488 Å². The van der Waals surface area contributed by atoms with Gasteiger partial charge in [-0.2, -0.15) is 0 Å². The number of likely N-dealkylation sites (N-methyl/N-ethyl adjacent to an activating group) is 4. The van der Waals surface area contributed by atoms with Crippen molar-refractivity contribution in [3.05, 3.63) is 70.8 Å². The molecule has 3 saturated heterocycles. The van der Waals surface area contributed by atoms with E-state index in [-0.39, 0.29) is 62.2 Å². The maximum absolute atomic E-state index is 15.9. The van der Waals surface area contributed by atoms with Gasteiger partial charge in [0, 0.05) is 73.9 Å². The van der Waals surface area contributed by atoms with E-state index in [0.29, 0.717) is 37.6 Å². The fraction of sp³-hybridized carbons (Fsp3) is 0.698. The largest absolute Gasteiger partial charge is 0.451 e. The number of esters is 3. The van der Waals surface area contributed by atoms with Crippen LogP contribution in [-0.2, 0) is 74.8 Å². The van der Waals surface area contributed by atoms with Crippen molar-refractivity contribution in [1.82, 2.24) is 19.6 Å². The lowest BCUT2D eigenvalue weighted by atomic mass is 9.90. The van der Waals surface area contributed by atoms with Crippen LogP contribution >= 0.6 is 0 Å². The lowest BCUT2D eigenvalue weighted by molar-refractivity contribution is -0.192. The van der Waals surface area contributed by atoms with Crippen molar-refractivity contribution >= 4 is 41.5 Å². The van der Waals surface area contributed by atoms with Crippen molar-refractivity contribution < 1.29 is 75.9 Å².